The van der Waals surface area contributed by atoms with Crippen LogP contribution in [0.15, 0.2) is 70.5 Å². The van der Waals surface area contributed by atoms with Crippen LogP contribution in [0.4, 0.5) is 5.69 Å². The summed E-state index contributed by atoms with van der Waals surface area (Å²) < 4.78 is 0. The van der Waals surface area contributed by atoms with E-state index >= 15 is 0 Å². The van der Waals surface area contributed by atoms with Crippen molar-refractivity contribution in [1.29, 1.82) is 0 Å². The molecule has 0 amide bonds. The number of hydrogen-bond donors (Lipinski definition) is 0. The van der Waals surface area contributed by atoms with Gasteiger partial charge in [-0.3, -0.25) is 4.90 Å². The first-order valence-electron chi connectivity index (χ1n) is 10.1. The van der Waals surface area contributed by atoms with E-state index in [0.717, 1.165) is 46.0 Å². The van der Waals surface area contributed by atoms with Crippen molar-refractivity contribution in [2.75, 3.05) is 31.1 Å². The molecular weight excluding hydrogens is 526 g/mol. The first kappa shape index (κ1) is 25.8. The van der Waals surface area contributed by atoms with Gasteiger partial charge in [0, 0.05) is 62.8 Å². The average molecular weight is 549 g/mol. The lowest BCUT2D eigenvalue weighted by Crippen LogP contribution is -2.47. The van der Waals surface area contributed by atoms with Gasteiger partial charge in [-0.25, -0.2) is 0 Å². The Kier molecular flexibility index (Phi) is 9.34. The van der Waals surface area contributed by atoms with E-state index in [1.165, 1.54) is 11.3 Å². The second kappa shape index (κ2) is 11.6. The van der Waals surface area contributed by atoms with Gasteiger partial charge in [0.05, 0.1) is 5.02 Å². The van der Waals surface area contributed by atoms with Crippen molar-refractivity contribution in [3.8, 4) is 0 Å². The van der Waals surface area contributed by atoms with Crippen LogP contribution in [-0.2, 0) is 0 Å². The summed E-state index contributed by atoms with van der Waals surface area (Å²) in [6, 6.07) is 19.9. The van der Waals surface area contributed by atoms with Gasteiger partial charge < -0.3 is 4.90 Å². The van der Waals surface area contributed by atoms with E-state index in [1.54, 1.807) is 17.8 Å². The molecule has 0 bridgehead atoms. The molecule has 1 unspecified atom stereocenters. The Morgan fingerprint density at radius 1 is 0.750 bits per heavy atom. The Labute approximate surface area is 220 Å². The molecule has 0 N–H and O–H groups in total. The lowest BCUT2D eigenvalue weighted by Gasteiger charge is -2.39. The van der Waals surface area contributed by atoms with E-state index in [4.69, 9.17) is 46.4 Å². The highest BCUT2D eigenvalue weighted by atomic mass is 35.5. The topological polar surface area (TPSA) is 6.48 Å². The minimum atomic E-state index is 0. The summed E-state index contributed by atoms with van der Waals surface area (Å²) >= 11 is 26.8. The number of halogens is 5. The average Bonchev–Trinajstić information content (AvgIpc) is 2.77. The van der Waals surface area contributed by atoms with Crippen molar-refractivity contribution >= 4 is 76.3 Å². The molecule has 0 saturated carbocycles. The summed E-state index contributed by atoms with van der Waals surface area (Å²) in [6.45, 7) is 6.07. The molecule has 1 aliphatic heterocycles. The monoisotopic (exact) mass is 546 g/mol. The lowest BCUT2D eigenvalue weighted by molar-refractivity contribution is 0.196. The summed E-state index contributed by atoms with van der Waals surface area (Å²) in [5, 5.41) is 2.88. The molecule has 170 valence electrons. The van der Waals surface area contributed by atoms with E-state index in [9.17, 15) is 0 Å². The maximum atomic E-state index is 6.41. The summed E-state index contributed by atoms with van der Waals surface area (Å²) in [7, 11) is 0. The number of piperazine rings is 1. The highest BCUT2D eigenvalue weighted by Crippen LogP contribution is 2.40. The predicted molar refractivity (Wildman–Crippen MR) is 143 cm³/mol. The molecule has 1 atom stereocenters. The van der Waals surface area contributed by atoms with Crippen molar-refractivity contribution in [2.45, 2.75) is 22.8 Å². The van der Waals surface area contributed by atoms with Crippen LogP contribution in [0.5, 0.6) is 0 Å². The molecule has 1 saturated heterocycles. The zero-order valence-electron chi connectivity index (χ0n) is 17.4. The van der Waals surface area contributed by atoms with Crippen molar-refractivity contribution in [2.24, 2.45) is 0 Å². The quantitative estimate of drug-likeness (QED) is 0.315. The summed E-state index contributed by atoms with van der Waals surface area (Å²) in [4.78, 5) is 6.96. The SMILES string of the molecule is CC(c1cc(Cl)ccc1Sc1cc(Cl)ccc1Cl)N1CCN(c2cccc(Cl)c2)CC1.Cl. The van der Waals surface area contributed by atoms with Gasteiger partial charge in [0.2, 0.25) is 0 Å². The molecule has 1 heterocycles. The zero-order valence-corrected chi connectivity index (χ0v) is 22.1. The van der Waals surface area contributed by atoms with Crippen molar-refractivity contribution in [1.82, 2.24) is 4.90 Å². The third-order valence-corrected chi connectivity index (χ3v) is 7.87. The maximum Gasteiger partial charge on any atom is 0.0546 e. The summed E-state index contributed by atoms with van der Waals surface area (Å²) in [5.41, 5.74) is 2.37. The van der Waals surface area contributed by atoms with Gasteiger partial charge in [0.1, 0.15) is 0 Å². The molecule has 32 heavy (non-hydrogen) atoms. The molecule has 4 rings (SSSR count). The Hall–Kier alpha value is -0.780. The first-order chi connectivity index (χ1) is 14.9. The number of benzene rings is 3. The van der Waals surface area contributed by atoms with E-state index < -0.39 is 0 Å². The standard InChI is InChI=1S/C24H22Cl4N2S.ClH/c1-16(29-9-11-30(12-10-29)20-4-2-3-17(25)13-20)21-14-18(26)6-8-23(21)31-24-15-19(27)5-7-22(24)28;/h2-8,13-16H,9-12H2,1H3;1H. The van der Waals surface area contributed by atoms with Crippen LogP contribution in [0.3, 0.4) is 0 Å². The fourth-order valence-electron chi connectivity index (χ4n) is 3.85. The largest absolute Gasteiger partial charge is 0.369 e. The Bertz CT molecular complexity index is 1070. The molecule has 3 aromatic carbocycles. The van der Waals surface area contributed by atoms with Gasteiger partial charge in [0.25, 0.3) is 0 Å². The van der Waals surface area contributed by atoms with Crippen molar-refractivity contribution in [3.63, 3.8) is 0 Å². The van der Waals surface area contributed by atoms with E-state index in [1.807, 2.05) is 36.4 Å². The Morgan fingerprint density at radius 3 is 2.12 bits per heavy atom. The molecule has 3 aromatic rings. The van der Waals surface area contributed by atoms with Crippen LogP contribution in [0.25, 0.3) is 0 Å². The van der Waals surface area contributed by atoms with Gasteiger partial charge in [-0.1, -0.05) is 64.2 Å². The van der Waals surface area contributed by atoms with Crippen LogP contribution >= 0.6 is 70.6 Å². The third kappa shape index (κ3) is 6.21. The van der Waals surface area contributed by atoms with E-state index in [2.05, 4.69) is 34.9 Å². The number of rotatable bonds is 5. The fraction of sp³-hybridized carbons (Fsp3) is 0.250. The van der Waals surface area contributed by atoms with Crippen LogP contribution in [0, 0.1) is 0 Å². The Morgan fingerprint density at radius 2 is 1.41 bits per heavy atom. The molecule has 1 aliphatic rings. The Balaban J connectivity index is 0.00000289. The molecule has 0 aromatic heterocycles. The second-order valence-electron chi connectivity index (χ2n) is 7.54. The molecule has 2 nitrogen and oxygen atoms in total. The summed E-state index contributed by atoms with van der Waals surface area (Å²) in [6.07, 6.45) is 0. The van der Waals surface area contributed by atoms with Gasteiger partial charge in [-0.15, -0.1) is 12.4 Å². The van der Waals surface area contributed by atoms with E-state index in [-0.39, 0.29) is 18.4 Å². The van der Waals surface area contributed by atoms with Crippen LogP contribution in [0.2, 0.25) is 20.1 Å². The molecule has 0 aliphatic carbocycles. The van der Waals surface area contributed by atoms with Gasteiger partial charge in [-0.2, -0.15) is 0 Å². The molecule has 8 heteroatoms. The highest BCUT2D eigenvalue weighted by Gasteiger charge is 2.24. The smallest absolute Gasteiger partial charge is 0.0546 e. The van der Waals surface area contributed by atoms with Gasteiger partial charge >= 0.3 is 0 Å². The van der Waals surface area contributed by atoms with Gasteiger partial charge in [-0.05, 0) is 67.1 Å². The minimum Gasteiger partial charge on any atom is -0.369 e. The molecule has 0 spiro atoms. The number of nitrogens with zero attached hydrogens (tertiary/aromatic N) is 2. The third-order valence-electron chi connectivity index (χ3n) is 5.57. The summed E-state index contributed by atoms with van der Waals surface area (Å²) in [5.74, 6) is 0. The van der Waals surface area contributed by atoms with Crippen LogP contribution < -0.4 is 4.90 Å². The molecular formula is C24H23Cl5N2S. The molecule has 0 radical (unpaired) electrons. The maximum absolute atomic E-state index is 6.41. The first-order valence-corrected chi connectivity index (χ1v) is 12.4. The minimum absolute atomic E-state index is 0. The fourth-order valence-corrected chi connectivity index (χ4v) is 5.76. The number of hydrogen-bond acceptors (Lipinski definition) is 3. The van der Waals surface area contributed by atoms with E-state index in [0.29, 0.717) is 10.0 Å². The van der Waals surface area contributed by atoms with Crippen molar-refractivity contribution < 1.29 is 0 Å². The van der Waals surface area contributed by atoms with Crippen LogP contribution in [-0.4, -0.2) is 31.1 Å². The highest BCUT2D eigenvalue weighted by molar-refractivity contribution is 7.99. The van der Waals surface area contributed by atoms with Gasteiger partial charge in [0.15, 0.2) is 0 Å². The normalized spacial score (nSPS) is 15.3. The molecule has 1 fully saturated rings. The second-order valence-corrected chi connectivity index (χ2v) is 10.3. The predicted octanol–water partition coefficient (Wildman–Crippen LogP) is 8.76. The van der Waals surface area contributed by atoms with Crippen molar-refractivity contribution in [3.05, 3.63) is 86.3 Å². The number of anilines is 1. The van der Waals surface area contributed by atoms with Crippen LogP contribution in [0.1, 0.15) is 18.5 Å². The lowest BCUT2D eigenvalue weighted by atomic mass is 10.1. The zero-order chi connectivity index (χ0) is 22.0.